The monoisotopic (exact) mass is 379 g/mol. The van der Waals surface area contributed by atoms with E-state index in [9.17, 15) is 14.0 Å². The molecule has 3 amide bonds. The summed E-state index contributed by atoms with van der Waals surface area (Å²) < 4.78 is 18.8. The molecule has 3 aromatic rings. The summed E-state index contributed by atoms with van der Waals surface area (Å²) in [7, 11) is 0. The maximum Gasteiger partial charge on any atom is 0.325 e. The largest absolute Gasteiger partial charge is 0.444 e. The fourth-order valence-corrected chi connectivity index (χ4v) is 3.43. The van der Waals surface area contributed by atoms with Crippen LogP contribution in [0.1, 0.15) is 24.6 Å². The van der Waals surface area contributed by atoms with Crippen LogP contribution in [-0.4, -0.2) is 21.8 Å². The molecule has 0 radical (unpaired) electrons. The molecule has 1 unspecified atom stereocenters. The number of carbonyl (C=O) groups is 2. The first-order chi connectivity index (χ1) is 13.5. The Hall–Kier alpha value is -3.48. The van der Waals surface area contributed by atoms with Gasteiger partial charge in [-0.3, -0.25) is 9.69 Å². The van der Waals surface area contributed by atoms with Crippen LogP contribution in [-0.2, 0) is 16.9 Å². The number of oxazole rings is 1. The number of benzene rings is 2. The van der Waals surface area contributed by atoms with E-state index in [4.69, 9.17) is 4.42 Å². The summed E-state index contributed by atoms with van der Waals surface area (Å²) in [6, 6.07) is 14.5. The third-order valence-corrected chi connectivity index (χ3v) is 4.92. The van der Waals surface area contributed by atoms with Gasteiger partial charge in [0.05, 0.1) is 12.2 Å². The van der Waals surface area contributed by atoms with Crippen LogP contribution in [0, 0.1) is 5.82 Å². The first-order valence-electron chi connectivity index (χ1n) is 8.93. The van der Waals surface area contributed by atoms with E-state index in [0.29, 0.717) is 17.7 Å². The molecule has 1 aliphatic rings. The molecule has 0 aliphatic carbocycles. The summed E-state index contributed by atoms with van der Waals surface area (Å²) in [6.45, 7) is 1.82. The number of hydrogen-bond acceptors (Lipinski definition) is 4. The average Bonchev–Trinajstić information content (AvgIpc) is 3.28. The normalized spacial score (nSPS) is 19.1. The van der Waals surface area contributed by atoms with E-state index in [2.05, 4.69) is 10.3 Å². The number of aromatic nitrogens is 1. The second-order valence-electron chi connectivity index (χ2n) is 6.60. The Kier molecular flexibility index (Phi) is 4.43. The number of halogens is 1. The number of imide groups is 1. The summed E-state index contributed by atoms with van der Waals surface area (Å²) in [4.78, 5) is 31.1. The molecule has 142 valence electrons. The van der Waals surface area contributed by atoms with Crippen molar-refractivity contribution in [3.63, 3.8) is 0 Å². The summed E-state index contributed by atoms with van der Waals surface area (Å²) >= 11 is 0. The van der Waals surface area contributed by atoms with E-state index in [-0.39, 0.29) is 18.3 Å². The number of urea groups is 1. The number of amides is 3. The van der Waals surface area contributed by atoms with Gasteiger partial charge in [-0.2, -0.15) is 0 Å². The van der Waals surface area contributed by atoms with E-state index in [0.717, 1.165) is 10.5 Å². The third-order valence-electron chi connectivity index (χ3n) is 4.92. The van der Waals surface area contributed by atoms with Crippen LogP contribution in [0.15, 0.2) is 65.3 Å². The molecule has 1 fully saturated rings. The van der Waals surface area contributed by atoms with Gasteiger partial charge in [-0.05, 0) is 30.2 Å². The molecule has 1 N–H and O–H groups in total. The first-order valence-corrected chi connectivity index (χ1v) is 8.93. The average molecular weight is 379 g/mol. The zero-order chi connectivity index (χ0) is 19.7. The minimum atomic E-state index is -1.09. The predicted molar refractivity (Wildman–Crippen MR) is 99.4 cm³/mol. The number of rotatable bonds is 5. The molecule has 1 saturated heterocycles. The Morgan fingerprint density at radius 2 is 1.93 bits per heavy atom. The zero-order valence-electron chi connectivity index (χ0n) is 15.2. The number of nitrogens with zero attached hydrogens (tertiary/aromatic N) is 2. The number of carbonyl (C=O) groups excluding carboxylic acids is 2. The van der Waals surface area contributed by atoms with Gasteiger partial charge in [-0.15, -0.1) is 0 Å². The van der Waals surface area contributed by atoms with Crippen molar-refractivity contribution in [2.45, 2.75) is 25.4 Å². The lowest BCUT2D eigenvalue weighted by molar-refractivity contribution is -0.132. The van der Waals surface area contributed by atoms with E-state index in [1.54, 1.807) is 12.1 Å². The quantitative estimate of drug-likeness (QED) is 0.684. The van der Waals surface area contributed by atoms with Gasteiger partial charge in [0.2, 0.25) is 5.89 Å². The fraction of sp³-hybridized carbons (Fsp3) is 0.190. The molecule has 0 saturated carbocycles. The molecule has 7 heteroatoms. The van der Waals surface area contributed by atoms with Gasteiger partial charge < -0.3 is 9.73 Å². The molecule has 1 aromatic heterocycles. The van der Waals surface area contributed by atoms with Crippen LogP contribution in [0.4, 0.5) is 9.18 Å². The van der Waals surface area contributed by atoms with Gasteiger partial charge in [-0.1, -0.05) is 43.3 Å². The molecule has 4 rings (SSSR count). The van der Waals surface area contributed by atoms with Crippen molar-refractivity contribution in [2.24, 2.45) is 0 Å². The Bertz CT molecular complexity index is 1030. The zero-order valence-corrected chi connectivity index (χ0v) is 15.2. The highest BCUT2D eigenvalue weighted by Crippen LogP contribution is 2.33. The van der Waals surface area contributed by atoms with Gasteiger partial charge in [-0.25, -0.2) is 14.2 Å². The van der Waals surface area contributed by atoms with Gasteiger partial charge in [0, 0.05) is 5.56 Å². The van der Waals surface area contributed by atoms with Crippen molar-refractivity contribution in [1.82, 2.24) is 15.2 Å². The molecule has 2 aromatic carbocycles. The van der Waals surface area contributed by atoms with Crippen LogP contribution in [0.2, 0.25) is 0 Å². The van der Waals surface area contributed by atoms with E-state index in [1.807, 2.05) is 37.3 Å². The summed E-state index contributed by atoms with van der Waals surface area (Å²) in [6.07, 6.45) is 1.79. The summed E-state index contributed by atoms with van der Waals surface area (Å²) in [5, 5.41) is 2.83. The first kappa shape index (κ1) is 17.9. The molecule has 0 spiro atoms. The Balaban J connectivity index is 1.59. The number of nitrogens with one attached hydrogen (secondary N) is 1. The van der Waals surface area contributed by atoms with Crippen molar-refractivity contribution in [1.29, 1.82) is 0 Å². The van der Waals surface area contributed by atoms with Gasteiger partial charge >= 0.3 is 6.03 Å². The van der Waals surface area contributed by atoms with Crippen LogP contribution in [0.3, 0.4) is 0 Å². The second kappa shape index (κ2) is 6.92. The minimum absolute atomic E-state index is 0.0297. The lowest BCUT2D eigenvalue weighted by Crippen LogP contribution is -2.43. The van der Waals surface area contributed by atoms with Gasteiger partial charge in [0.15, 0.2) is 0 Å². The van der Waals surface area contributed by atoms with Crippen molar-refractivity contribution in [3.8, 4) is 11.5 Å². The van der Waals surface area contributed by atoms with E-state index < -0.39 is 17.4 Å². The summed E-state index contributed by atoms with van der Waals surface area (Å²) in [5.41, 5.74) is 0.533. The summed E-state index contributed by atoms with van der Waals surface area (Å²) in [5.74, 6) is -0.505. The van der Waals surface area contributed by atoms with Crippen LogP contribution < -0.4 is 5.32 Å². The SMILES string of the molecule is CCC1(c2ccccc2)NC(=O)N(Cc2coc(-c3cccc(F)c3)n2)C1=O. The predicted octanol–water partition coefficient (Wildman–Crippen LogP) is 3.84. The minimum Gasteiger partial charge on any atom is -0.444 e. The van der Waals surface area contributed by atoms with Crippen molar-refractivity contribution < 1.29 is 18.4 Å². The van der Waals surface area contributed by atoms with Gasteiger partial charge in [0.1, 0.15) is 17.6 Å². The molecule has 28 heavy (non-hydrogen) atoms. The lowest BCUT2D eigenvalue weighted by Gasteiger charge is -2.25. The van der Waals surface area contributed by atoms with Gasteiger partial charge in [0.25, 0.3) is 5.91 Å². The lowest BCUT2D eigenvalue weighted by atomic mass is 9.87. The van der Waals surface area contributed by atoms with Crippen molar-refractivity contribution in [2.75, 3.05) is 0 Å². The highest BCUT2D eigenvalue weighted by atomic mass is 19.1. The van der Waals surface area contributed by atoms with E-state index in [1.165, 1.54) is 18.4 Å². The van der Waals surface area contributed by atoms with Crippen LogP contribution in [0.25, 0.3) is 11.5 Å². The highest BCUT2D eigenvalue weighted by molar-refractivity contribution is 6.07. The molecule has 2 heterocycles. The van der Waals surface area contributed by atoms with Crippen molar-refractivity contribution >= 4 is 11.9 Å². The maximum atomic E-state index is 13.4. The molecule has 1 aliphatic heterocycles. The van der Waals surface area contributed by atoms with E-state index >= 15 is 0 Å². The Morgan fingerprint density at radius 1 is 1.14 bits per heavy atom. The Morgan fingerprint density at radius 3 is 2.64 bits per heavy atom. The molecule has 0 bridgehead atoms. The molecule has 6 nitrogen and oxygen atoms in total. The molecular weight excluding hydrogens is 361 g/mol. The fourth-order valence-electron chi connectivity index (χ4n) is 3.43. The standard InChI is InChI=1S/C21H18FN3O3/c1-2-21(15-8-4-3-5-9-15)19(26)25(20(27)24-21)12-17-13-28-18(23-17)14-7-6-10-16(22)11-14/h3-11,13H,2,12H2,1H3,(H,24,27). The van der Waals surface area contributed by atoms with Crippen LogP contribution in [0.5, 0.6) is 0 Å². The highest BCUT2D eigenvalue weighted by Gasteiger charge is 2.51. The molecule has 1 atom stereocenters. The second-order valence-corrected chi connectivity index (χ2v) is 6.60. The maximum absolute atomic E-state index is 13.4. The number of hydrogen-bond donors (Lipinski definition) is 1. The Labute approximate surface area is 161 Å². The smallest absolute Gasteiger partial charge is 0.325 e. The van der Waals surface area contributed by atoms with Crippen molar-refractivity contribution in [3.05, 3.63) is 77.9 Å². The van der Waals surface area contributed by atoms with Crippen LogP contribution >= 0.6 is 0 Å². The third kappa shape index (κ3) is 2.94. The molecular formula is C21H18FN3O3. The topological polar surface area (TPSA) is 75.4 Å².